The molecule has 100 valence electrons. The van der Waals surface area contributed by atoms with Crippen LogP contribution >= 0.6 is 0 Å². The van der Waals surface area contributed by atoms with Crippen LogP contribution in [0.25, 0.3) is 0 Å². The van der Waals surface area contributed by atoms with Gasteiger partial charge in [0.1, 0.15) is 17.3 Å². The number of nitrogens with one attached hydrogen (secondary N) is 1. The van der Waals surface area contributed by atoms with Crippen molar-refractivity contribution in [2.24, 2.45) is 5.41 Å². The zero-order valence-corrected chi connectivity index (χ0v) is 11.1. The molecule has 19 heavy (non-hydrogen) atoms. The SMILES string of the molecule is CC1(C)CCC(Nc2cccc(C#N)c2[N+](=O)[O-])C1. The van der Waals surface area contributed by atoms with Crippen molar-refractivity contribution in [2.75, 3.05) is 5.32 Å². The maximum atomic E-state index is 11.1. The van der Waals surface area contributed by atoms with Crippen LogP contribution in [0.1, 0.15) is 38.7 Å². The second-order valence-corrected chi connectivity index (χ2v) is 5.82. The number of nitro groups is 1. The van der Waals surface area contributed by atoms with Gasteiger partial charge in [0.15, 0.2) is 0 Å². The van der Waals surface area contributed by atoms with Gasteiger partial charge in [-0.2, -0.15) is 5.26 Å². The highest BCUT2D eigenvalue weighted by atomic mass is 16.6. The van der Waals surface area contributed by atoms with Crippen molar-refractivity contribution in [1.29, 1.82) is 5.26 Å². The second kappa shape index (κ2) is 4.88. The molecule has 0 aliphatic heterocycles. The molecule has 1 aliphatic rings. The number of nitriles is 1. The van der Waals surface area contributed by atoms with E-state index in [1.54, 1.807) is 12.1 Å². The minimum atomic E-state index is -0.485. The fourth-order valence-electron chi connectivity index (χ4n) is 2.73. The summed E-state index contributed by atoms with van der Waals surface area (Å²) >= 11 is 0. The molecule has 5 nitrogen and oxygen atoms in total. The fourth-order valence-corrected chi connectivity index (χ4v) is 2.73. The van der Waals surface area contributed by atoms with Crippen LogP contribution in [-0.4, -0.2) is 11.0 Å². The average Bonchev–Trinajstić information content (AvgIpc) is 2.68. The minimum Gasteiger partial charge on any atom is -0.377 e. The van der Waals surface area contributed by atoms with Gasteiger partial charge in [0.2, 0.25) is 0 Å². The van der Waals surface area contributed by atoms with Crippen molar-refractivity contribution in [3.63, 3.8) is 0 Å². The Bertz CT molecular complexity index is 546. The Kier molecular flexibility index (Phi) is 3.43. The molecule has 5 heteroatoms. The largest absolute Gasteiger partial charge is 0.377 e. The number of anilines is 1. The molecule has 0 saturated heterocycles. The van der Waals surface area contributed by atoms with Crippen LogP contribution in [-0.2, 0) is 0 Å². The molecule has 0 spiro atoms. The lowest BCUT2D eigenvalue weighted by Gasteiger charge is -2.18. The van der Waals surface area contributed by atoms with Crippen molar-refractivity contribution < 1.29 is 4.92 Å². The molecule has 1 unspecified atom stereocenters. The first-order valence-corrected chi connectivity index (χ1v) is 6.37. The normalized spacial score (nSPS) is 20.8. The maximum absolute atomic E-state index is 11.1. The summed E-state index contributed by atoms with van der Waals surface area (Å²) in [6, 6.07) is 6.93. The highest BCUT2D eigenvalue weighted by Crippen LogP contribution is 2.39. The summed E-state index contributed by atoms with van der Waals surface area (Å²) < 4.78 is 0. The number of para-hydroxylation sites is 1. The summed E-state index contributed by atoms with van der Waals surface area (Å²) in [4.78, 5) is 10.6. The zero-order chi connectivity index (χ0) is 14.0. The smallest absolute Gasteiger partial charge is 0.309 e. The molecule has 0 amide bonds. The van der Waals surface area contributed by atoms with Gasteiger partial charge in [0.05, 0.1) is 4.92 Å². The fraction of sp³-hybridized carbons (Fsp3) is 0.500. The number of rotatable bonds is 3. The van der Waals surface area contributed by atoms with Gasteiger partial charge in [0.25, 0.3) is 0 Å². The van der Waals surface area contributed by atoms with Gasteiger partial charge in [-0.15, -0.1) is 0 Å². The monoisotopic (exact) mass is 259 g/mol. The number of nitrogens with zero attached hydrogens (tertiary/aromatic N) is 2. The topological polar surface area (TPSA) is 79.0 Å². The standard InChI is InChI=1S/C14H17N3O2/c1-14(2)7-6-11(8-14)16-12-5-3-4-10(9-15)13(12)17(18)19/h3-5,11,16H,6-8H2,1-2H3. The maximum Gasteiger partial charge on any atom is 0.309 e. The highest BCUT2D eigenvalue weighted by molar-refractivity contribution is 5.68. The number of hydrogen-bond acceptors (Lipinski definition) is 4. The van der Waals surface area contributed by atoms with E-state index in [1.165, 1.54) is 6.07 Å². The number of hydrogen-bond donors (Lipinski definition) is 1. The van der Waals surface area contributed by atoms with E-state index in [4.69, 9.17) is 5.26 Å². The summed E-state index contributed by atoms with van der Waals surface area (Å²) in [5, 5.41) is 23.3. The molecule has 1 aromatic rings. The summed E-state index contributed by atoms with van der Waals surface area (Å²) in [7, 11) is 0. The van der Waals surface area contributed by atoms with Gasteiger partial charge in [-0.3, -0.25) is 10.1 Å². The molecule has 1 N–H and O–H groups in total. The third kappa shape index (κ3) is 2.84. The van der Waals surface area contributed by atoms with Gasteiger partial charge in [0, 0.05) is 6.04 Å². The van der Waals surface area contributed by atoms with E-state index in [1.807, 2.05) is 6.07 Å². The first kappa shape index (κ1) is 13.3. The van der Waals surface area contributed by atoms with Crippen LogP contribution in [0.5, 0.6) is 0 Å². The van der Waals surface area contributed by atoms with Gasteiger partial charge in [-0.25, -0.2) is 0 Å². The first-order valence-electron chi connectivity index (χ1n) is 6.37. The average molecular weight is 259 g/mol. The Hall–Kier alpha value is -2.09. The van der Waals surface area contributed by atoms with Crippen molar-refractivity contribution in [3.05, 3.63) is 33.9 Å². The van der Waals surface area contributed by atoms with E-state index in [-0.39, 0.29) is 22.7 Å². The molecule has 2 rings (SSSR count). The van der Waals surface area contributed by atoms with Crippen molar-refractivity contribution >= 4 is 11.4 Å². The first-order chi connectivity index (χ1) is 8.93. The van der Waals surface area contributed by atoms with Crippen molar-refractivity contribution in [2.45, 2.75) is 39.2 Å². The predicted molar refractivity (Wildman–Crippen MR) is 72.9 cm³/mol. The van der Waals surface area contributed by atoms with Gasteiger partial charge in [-0.1, -0.05) is 19.9 Å². The molecule has 1 saturated carbocycles. The molecule has 1 atom stereocenters. The Morgan fingerprint density at radius 2 is 2.26 bits per heavy atom. The predicted octanol–water partition coefficient (Wildman–Crippen LogP) is 3.46. The van der Waals surface area contributed by atoms with Crippen LogP contribution < -0.4 is 5.32 Å². The summed E-state index contributed by atoms with van der Waals surface area (Å²) in [5.74, 6) is 0. The van der Waals surface area contributed by atoms with Crippen molar-refractivity contribution in [1.82, 2.24) is 0 Å². The van der Waals surface area contributed by atoms with E-state index < -0.39 is 4.92 Å². The molecule has 0 aromatic heterocycles. The van der Waals surface area contributed by atoms with E-state index in [0.717, 1.165) is 19.3 Å². The van der Waals surface area contributed by atoms with E-state index in [9.17, 15) is 10.1 Å². The summed E-state index contributed by atoms with van der Waals surface area (Å²) in [6.45, 7) is 4.41. The molecule has 0 bridgehead atoms. The van der Waals surface area contributed by atoms with Crippen LogP contribution in [0.4, 0.5) is 11.4 Å². The minimum absolute atomic E-state index is 0.104. The number of nitro benzene ring substituents is 1. The third-order valence-electron chi connectivity index (χ3n) is 3.67. The van der Waals surface area contributed by atoms with Gasteiger partial charge < -0.3 is 5.32 Å². The Labute approximate surface area is 112 Å². The lowest BCUT2D eigenvalue weighted by molar-refractivity contribution is -0.384. The Morgan fingerprint density at radius 3 is 2.79 bits per heavy atom. The van der Waals surface area contributed by atoms with Crippen LogP contribution in [0.2, 0.25) is 0 Å². The zero-order valence-electron chi connectivity index (χ0n) is 11.1. The highest BCUT2D eigenvalue weighted by Gasteiger charge is 2.32. The summed E-state index contributed by atoms with van der Waals surface area (Å²) in [6.07, 6.45) is 3.10. The van der Waals surface area contributed by atoms with E-state index in [2.05, 4.69) is 19.2 Å². The Morgan fingerprint density at radius 1 is 1.53 bits per heavy atom. The molecule has 1 fully saturated rings. The Balaban J connectivity index is 2.26. The van der Waals surface area contributed by atoms with Gasteiger partial charge >= 0.3 is 5.69 Å². The van der Waals surface area contributed by atoms with Crippen LogP contribution in [0, 0.1) is 26.9 Å². The lowest BCUT2D eigenvalue weighted by atomic mass is 9.92. The van der Waals surface area contributed by atoms with E-state index >= 15 is 0 Å². The van der Waals surface area contributed by atoms with Crippen LogP contribution in [0.3, 0.4) is 0 Å². The third-order valence-corrected chi connectivity index (χ3v) is 3.67. The lowest BCUT2D eigenvalue weighted by Crippen LogP contribution is -2.18. The number of benzene rings is 1. The summed E-state index contributed by atoms with van der Waals surface area (Å²) in [5.41, 5.74) is 0.716. The van der Waals surface area contributed by atoms with Crippen LogP contribution in [0.15, 0.2) is 18.2 Å². The molecule has 1 aromatic carbocycles. The molecule has 0 radical (unpaired) electrons. The molecule has 1 aliphatic carbocycles. The van der Waals surface area contributed by atoms with E-state index in [0.29, 0.717) is 5.69 Å². The molecular formula is C14H17N3O2. The molecular weight excluding hydrogens is 242 g/mol. The van der Waals surface area contributed by atoms with Gasteiger partial charge in [-0.05, 0) is 36.8 Å². The quantitative estimate of drug-likeness (QED) is 0.666. The van der Waals surface area contributed by atoms with Crippen molar-refractivity contribution in [3.8, 4) is 6.07 Å². The molecule has 0 heterocycles. The second-order valence-electron chi connectivity index (χ2n) is 5.82.